The fourth-order valence-corrected chi connectivity index (χ4v) is 1.61. The molecule has 0 bridgehead atoms. The van der Waals surface area contributed by atoms with Gasteiger partial charge in [-0.15, -0.1) is 0 Å². The van der Waals surface area contributed by atoms with Gasteiger partial charge >= 0.3 is 0 Å². The van der Waals surface area contributed by atoms with Crippen LogP contribution >= 0.6 is 0 Å². The summed E-state index contributed by atoms with van der Waals surface area (Å²) in [7, 11) is 2.02. The van der Waals surface area contributed by atoms with Gasteiger partial charge in [0.15, 0.2) is 0 Å². The predicted molar refractivity (Wildman–Crippen MR) is 53.3 cm³/mol. The summed E-state index contributed by atoms with van der Waals surface area (Å²) in [6, 6.07) is 0.666. The molecule has 2 heteroatoms. The van der Waals surface area contributed by atoms with Crippen molar-refractivity contribution < 1.29 is 0 Å². The van der Waals surface area contributed by atoms with Crippen LogP contribution in [0.25, 0.3) is 0 Å². The zero-order valence-electron chi connectivity index (χ0n) is 8.43. The molecule has 0 amide bonds. The molecule has 1 aliphatic rings. The topological polar surface area (TPSA) is 15.3 Å². The number of likely N-dealkylation sites (N-methyl/N-ethyl adjacent to an activating group) is 1. The van der Waals surface area contributed by atoms with Gasteiger partial charge in [0.1, 0.15) is 0 Å². The van der Waals surface area contributed by atoms with E-state index in [4.69, 9.17) is 0 Å². The largest absolute Gasteiger partial charge is 0.318 e. The fraction of sp³-hybridized carbons (Fsp3) is 0.800. The highest BCUT2D eigenvalue weighted by atomic mass is 15.2. The van der Waals surface area contributed by atoms with E-state index in [-0.39, 0.29) is 0 Å². The molecule has 1 heterocycles. The monoisotopic (exact) mass is 168 g/mol. The highest BCUT2D eigenvalue weighted by molar-refractivity contribution is 5.04. The highest BCUT2D eigenvalue weighted by Gasteiger charge is 2.14. The Morgan fingerprint density at radius 3 is 2.92 bits per heavy atom. The molecule has 0 saturated carbocycles. The van der Waals surface area contributed by atoms with Gasteiger partial charge in [0.05, 0.1) is 0 Å². The zero-order chi connectivity index (χ0) is 8.97. The van der Waals surface area contributed by atoms with Crippen molar-refractivity contribution in [3.8, 4) is 0 Å². The molecule has 1 aliphatic heterocycles. The van der Waals surface area contributed by atoms with E-state index in [2.05, 4.69) is 30.1 Å². The third-order valence-corrected chi connectivity index (χ3v) is 2.59. The van der Waals surface area contributed by atoms with Crippen LogP contribution in [0.1, 0.15) is 20.3 Å². The van der Waals surface area contributed by atoms with E-state index < -0.39 is 0 Å². The van der Waals surface area contributed by atoms with E-state index in [1.807, 2.05) is 7.05 Å². The maximum Gasteiger partial charge on any atom is 0.0195 e. The van der Waals surface area contributed by atoms with Crippen molar-refractivity contribution in [1.29, 1.82) is 0 Å². The average molecular weight is 168 g/mol. The number of rotatable bonds is 3. The van der Waals surface area contributed by atoms with Gasteiger partial charge in [0.2, 0.25) is 0 Å². The van der Waals surface area contributed by atoms with Gasteiger partial charge in [-0.3, -0.25) is 4.90 Å². The minimum atomic E-state index is 0.666. The molecule has 0 spiro atoms. The van der Waals surface area contributed by atoms with Gasteiger partial charge in [-0.05, 0) is 27.3 Å². The minimum absolute atomic E-state index is 0.666. The van der Waals surface area contributed by atoms with Crippen LogP contribution < -0.4 is 5.32 Å². The molecule has 0 radical (unpaired) electrons. The third-order valence-electron chi connectivity index (χ3n) is 2.59. The minimum Gasteiger partial charge on any atom is -0.318 e. The van der Waals surface area contributed by atoms with E-state index in [1.54, 1.807) is 5.57 Å². The Morgan fingerprint density at radius 1 is 1.67 bits per heavy atom. The molecule has 0 aliphatic carbocycles. The second kappa shape index (κ2) is 4.63. The maximum atomic E-state index is 3.21. The van der Waals surface area contributed by atoms with E-state index in [0.717, 1.165) is 13.1 Å². The first kappa shape index (κ1) is 9.75. The van der Waals surface area contributed by atoms with Gasteiger partial charge in [0.25, 0.3) is 0 Å². The summed E-state index contributed by atoms with van der Waals surface area (Å²) in [5.41, 5.74) is 1.54. The van der Waals surface area contributed by atoms with Crippen molar-refractivity contribution in [3.63, 3.8) is 0 Å². The molecule has 1 atom stereocenters. The first-order valence-corrected chi connectivity index (χ1v) is 4.78. The van der Waals surface area contributed by atoms with Gasteiger partial charge < -0.3 is 5.32 Å². The number of nitrogens with one attached hydrogen (secondary N) is 1. The SMILES string of the molecule is CNCC(C)N1CC=C(C)CC1. The van der Waals surface area contributed by atoms with Crippen molar-refractivity contribution in [2.24, 2.45) is 0 Å². The van der Waals surface area contributed by atoms with E-state index in [9.17, 15) is 0 Å². The second-order valence-corrected chi connectivity index (χ2v) is 3.70. The number of hydrogen-bond acceptors (Lipinski definition) is 2. The lowest BCUT2D eigenvalue weighted by Gasteiger charge is -2.31. The molecule has 2 nitrogen and oxygen atoms in total. The quantitative estimate of drug-likeness (QED) is 0.638. The number of hydrogen-bond donors (Lipinski definition) is 1. The fourth-order valence-electron chi connectivity index (χ4n) is 1.61. The molecule has 0 aromatic carbocycles. The summed E-state index contributed by atoms with van der Waals surface area (Å²) in [6.07, 6.45) is 3.59. The van der Waals surface area contributed by atoms with E-state index in [0.29, 0.717) is 6.04 Å². The smallest absolute Gasteiger partial charge is 0.0195 e. The van der Waals surface area contributed by atoms with Crippen molar-refractivity contribution >= 4 is 0 Å². The van der Waals surface area contributed by atoms with Gasteiger partial charge in [-0.2, -0.15) is 0 Å². The van der Waals surface area contributed by atoms with Crippen molar-refractivity contribution in [3.05, 3.63) is 11.6 Å². The molecular formula is C10H20N2. The molecule has 0 aromatic rings. The Kier molecular flexibility index (Phi) is 3.76. The summed E-state index contributed by atoms with van der Waals surface area (Å²) in [6.45, 7) is 7.96. The Bertz CT molecular complexity index is 163. The first-order chi connectivity index (χ1) is 5.74. The van der Waals surface area contributed by atoms with Gasteiger partial charge in [-0.1, -0.05) is 11.6 Å². The molecule has 1 N–H and O–H groups in total. The van der Waals surface area contributed by atoms with Crippen molar-refractivity contribution in [2.45, 2.75) is 26.3 Å². The van der Waals surface area contributed by atoms with E-state index in [1.165, 1.54) is 13.0 Å². The summed E-state index contributed by atoms with van der Waals surface area (Å²) >= 11 is 0. The molecule has 1 unspecified atom stereocenters. The second-order valence-electron chi connectivity index (χ2n) is 3.70. The summed E-state index contributed by atoms with van der Waals surface area (Å²) in [5.74, 6) is 0. The lowest BCUT2D eigenvalue weighted by molar-refractivity contribution is 0.222. The van der Waals surface area contributed by atoms with Crippen molar-refractivity contribution in [2.75, 3.05) is 26.7 Å². The molecule has 0 saturated heterocycles. The first-order valence-electron chi connectivity index (χ1n) is 4.78. The average Bonchev–Trinajstić information content (AvgIpc) is 2.06. The summed E-state index contributed by atoms with van der Waals surface area (Å²) < 4.78 is 0. The van der Waals surface area contributed by atoms with Gasteiger partial charge in [0, 0.05) is 25.7 Å². The van der Waals surface area contributed by atoms with Crippen LogP contribution in [0.4, 0.5) is 0 Å². The normalized spacial score (nSPS) is 22.1. The van der Waals surface area contributed by atoms with Crippen LogP contribution in [0.2, 0.25) is 0 Å². The van der Waals surface area contributed by atoms with Crippen LogP contribution in [0.15, 0.2) is 11.6 Å². The standard InChI is InChI=1S/C10H20N2/c1-9-4-6-12(7-5-9)10(2)8-11-3/h4,10-11H,5-8H2,1-3H3. The number of nitrogens with zero attached hydrogens (tertiary/aromatic N) is 1. The Balaban J connectivity index is 2.34. The van der Waals surface area contributed by atoms with Crippen LogP contribution in [-0.4, -0.2) is 37.6 Å². The van der Waals surface area contributed by atoms with Gasteiger partial charge in [-0.25, -0.2) is 0 Å². The van der Waals surface area contributed by atoms with Crippen LogP contribution in [0.3, 0.4) is 0 Å². The molecule has 1 rings (SSSR count). The Hall–Kier alpha value is -0.340. The molecule has 0 aromatic heterocycles. The lowest BCUT2D eigenvalue weighted by Crippen LogP contribution is -2.41. The van der Waals surface area contributed by atoms with Crippen LogP contribution in [-0.2, 0) is 0 Å². The summed E-state index contributed by atoms with van der Waals surface area (Å²) in [4.78, 5) is 2.52. The Morgan fingerprint density at radius 2 is 2.42 bits per heavy atom. The lowest BCUT2D eigenvalue weighted by atomic mass is 10.1. The predicted octanol–water partition coefficient (Wildman–Crippen LogP) is 1.25. The van der Waals surface area contributed by atoms with Crippen LogP contribution in [0, 0.1) is 0 Å². The molecular weight excluding hydrogens is 148 g/mol. The third kappa shape index (κ3) is 2.61. The van der Waals surface area contributed by atoms with Crippen LogP contribution in [0.5, 0.6) is 0 Å². The maximum absolute atomic E-state index is 3.21. The summed E-state index contributed by atoms with van der Waals surface area (Å²) in [5, 5.41) is 3.21. The molecule has 70 valence electrons. The zero-order valence-corrected chi connectivity index (χ0v) is 8.43. The van der Waals surface area contributed by atoms with E-state index >= 15 is 0 Å². The highest BCUT2D eigenvalue weighted by Crippen LogP contribution is 2.11. The Labute approximate surface area is 75.6 Å². The molecule has 0 fully saturated rings. The van der Waals surface area contributed by atoms with Crippen molar-refractivity contribution in [1.82, 2.24) is 10.2 Å². The molecule has 12 heavy (non-hydrogen) atoms.